The van der Waals surface area contributed by atoms with Crippen LogP contribution in [0.3, 0.4) is 0 Å². The Kier molecular flexibility index (Phi) is 4.44. The Balaban J connectivity index is 1.40. The summed E-state index contributed by atoms with van der Waals surface area (Å²) in [7, 11) is 0. The molecule has 0 aliphatic heterocycles. The molecular formula is C19H16N6O2. The third-order valence-electron chi connectivity index (χ3n) is 3.90. The van der Waals surface area contributed by atoms with Gasteiger partial charge in [-0.3, -0.25) is 4.79 Å². The molecule has 8 heteroatoms. The van der Waals surface area contributed by atoms with E-state index in [4.69, 9.17) is 4.42 Å². The molecule has 0 aliphatic rings. The van der Waals surface area contributed by atoms with Gasteiger partial charge in [0.05, 0.1) is 0 Å². The zero-order valence-electron chi connectivity index (χ0n) is 14.5. The van der Waals surface area contributed by atoms with Gasteiger partial charge in [0, 0.05) is 10.9 Å². The molecule has 0 aliphatic carbocycles. The van der Waals surface area contributed by atoms with Gasteiger partial charge in [-0.2, -0.15) is 9.90 Å². The van der Waals surface area contributed by atoms with Crippen molar-refractivity contribution in [2.45, 2.75) is 13.5 Å². The van der Waals surface area contributed by atoms with Crippen molar-refractivity contribution in [1.82, 2.24) is 25.6 Å². The third-order valence-corrected chi connectivity index (χ3v) is 3.90. The Morgan fingerprint density at radius 3 is 2.74 bits per heavy atom. The van der Waals surface area contributed by atoms with E-state index in [0.717, 1.165) is 16.5 Å². The minimum absolute atomic E-state index is 0.0866. The van der Waals surface area contributed by atoms with Crippen molar-refractivity contribution >= 4 is 22.6 Å². The number of hydrogen-bond acceptors (Lipinski definition) is 6. The number of rotatable bonds is 5. The molecule has 8 nitrogen and oxygen atoms in total. The second kappa shape index (κ2) is 7.20. The molecule has 1 N–H and O–H groups in total. The van der Waals surface area contributed by atoms with Crippen LogP contribution in [0.4, 0.5) is 0 Å². The number of amides is 1. The molecule has 0 unspecified atom stereocenters. The van der Waals surface area contributed by atoms with E-state index in [0.29, 0.717) is 17.3 Å². The van der Waals surface area contributed by atoms with Gasteiger partial charge >= 0.3 is 0 Å². The Hall–Kier alpha value is -3.81. The summed E-state index contributed by atoms with van der Waals surface area (Å²) in [4.78, 5) is 13.3. The number of nitrogens with zero attached hydrogens (tertiary/aromatic N) is 5. The monoisotopic (exact) mass is 360 g/mol. The maximum Gasteiger partial charge on any atom is 0.263 e. The average molecular weight is 360 g/mol. The summed E-state index contributed by atoms with van der Waals surface area (Å²) in [5.41, 5.74) is 4.66. The fourth-order valence-electron chi connectivity index (χ4n) is 2.54. The molecule has 2 heterocycles. The van der Waals surface area contributed by atoms with Crippen LogP contribution in [-0.4, -0.2) is 31.8 Å². The fraction of sp³-hybridized carbons (Fsp3) is 0.105. The normalized spacial score (nSPS) is 11.7. The summed E-state index contributed by atoms with van der Waals surface area (Å²) in [5.74, 6) is 0.703. The Morgan fingerprint density at radius 2 is 1.93 bits per heavy atom. The molecule has 27 heavy (non-hydrogen) atoms. The summed E-state index contributed by atoms with van der Waals surface area (Å²) >= 11 is 0. The van der Waals surface area contributed by atoms with Crippen LogP contribution in [-0.2, 0) is 11.3 Å². The second-order valence-corrected chi connectivity index (χ2v) is 5.89. The molecule has 0 radical (unpaired) electrons. The Bertz CT molecular complexity index is 1080. The first kappa shape index (κ1) is 16.6. The second-order valence-electron chi connectivity index (χ2n) is 5.89. The first-order chi connectivity index (χ1) is 13.2. The van der Waals surface area contributed by atoms with E-state index < -0.39 is 0 Å². The van der Waals surface area contributed by atoms with Gasteiger partial charge in [0.1, 0.15) is 17.8 Å². The van der Waals surface area contributed by atoms with Crippen LogP contribution in [0.2, 0.25) is 0 Å². The molecule has 0 saturated heterocycles. The van der Waals surface area contributed by atoms with Gasteiger partial charge in [-0.05, 0) is 24.3 Å². The number of aromatic nitrogens is 4. The summed E-state index contributed by atoms with van der Waals surface area (Å²) in [5, 5.41) is 17.1. The molecule has 1 amide bonds. The maximum atomic E-state index is 12.1. The minimum Gasteiger partial charge on any atom is -0.455 e. The van der Waals surface area contributed by atoms with Crippen LogP contribution in [0.1, 0.15) is 12.7 Å². The van der Waals surface area contributed by atoms with Gasteiger partial charge in [-0.1, -0.05) is 48.5 Å². The number of hydrogen-bond donors (Lipinski definition) is 1. The van der Waals surface area contributed by atoms with Crippen molar-refractivity contribution in [1.29, 1.82) is 0 Å². The van der Waals surface area contributed by atoms with E-state index in [2.05, 4.69) is 25.9 Å². The van der Waals surface area contributed by atoms with Crippen molar-refractivity contribution in [3.63, 3.8) is 0 Å². The van der Waals surface area contributed by atoms with E-state index in [-0.39, 0.29) is 12.5 Å². The number of nitrogens with one attached hydrogen (secondary N) is 1. The minimum atomic E-state index is -0.359. The summed E-state index contributed by atoms with van der Waals surface area (Å²) in [6.45, 7) is 1.68. The lowest BCUT2D eigenvalue weighted by Crippen LogP contribution is -2.25. The topological polar surface area (TPSA) is 98.2 Å². The van der Waals surface area contributed by atoms with E-state index >= 15 is 0 Å². The highest BCUT2D eigenvalue weighted by atomic mass is 16.3. The van der Waals surface area contributed by atoms with E-state index in [9.17, 15) is 4.79 Å². The fourth-order valence-corrected chi connectivity index (χ4v) is 2.54. The molecule has 2 aromatic carbocycles. The van der Waals surface area contributed by atoms with Crippen LogP contribution >= 0.6 is 0 Å². The summed E-state index contributed by atoms with van der Waals surface area (Å²) in [6.07, 6.45) is 0. The van der Waals surface area contributed by atoms with Crippen LogP contribution in [0.5, 0.6) is 0 Å². The smallest absolute Gasteiger partial charge is 0.263 e. The van der Waals surface area contributed by atoms with Crippen LogP contribution < -0.4 is 5.43 Å². The number of carbonyl (C=O) groups is 1. The van der Waals surface area contributed by atoms with E-state index in [1.807, 2.05) is 60.7 Å². The lowest BCUT2D eigenvalue weighted by atomic mass is 10.2. The largest absolute Gasteiger partial charge is 0.455 e. The predicted molar refractivity (Wildman–Crippen MR) is 99.8 cm³/mol. The van der Waals surface area contributed by atoms with E-state index in [1.54, 1.807) is 6.92 Å². The van der Waals surface area contributed by atoms with Gasteiger partial charge in [-0.15, -0.1) is 10.2 Å². The van der Waals surface area contributed by atoms with Gasteiger partial charge in [0.25, 0.3) is 5.91 Å². The molecule has 0 fully saturated rings. The van der Waals surface area contributed by atoms with Crippen LogP contribution in [0.15, 0.2) is 70.2 Å². The molecule has 134 valence electrons. The highest BCUT2D eigenvalue weighted by Gasteiger charge is 2.10. The molecule has 0 bridgehead atoms. The zero-order valence-corrected chi connectivity index (χ0v) is 14.5. The molecule has 0 atom stereocenters. The summed E-state index contributed by atoms with van der Waals surface area (Å²) in [6, 6.07) is 19.0. The van der Waals surface area contributed by atoms with Crippen LogP contribution in [0, 0.1) is 0 Å². The number of benzene rings is 2. The van der Waals surface area contributed by atoms with Crippen molar-refractivity contribution in [2.24, 2.45) is 5.10 Å². The highest BCUT2D eigenvalue weighted by Crippen LogP contribution is 2.19. The predicted octanol–water partition coefficient (Wildman–Crippen LogP) is 2.63. The summed E-state index contributed by atoms with van der Waals surface area (Å²) < 4.78 is 5.71. The van der Waals surface area contributed by atoms with Crippen LogP contribution in [0.25, 0.3) is 22.4 Å². The van der Waals surface area contributed by atoms with Crippen molar-refractivity contribution in [3.05, 3.63) is 66.4 Å². The first-order valence-corrected chi connectivity index (χ1v) is 8.34. The quantitative estimate of drug-likeness (QED) is 0.436. The molecule has 2 aromatic heterocycles. The first-order valence-electron chi connectivity index (χ1n) is 8.34. The number of fused-ring (bicyclic) bond motifs is 1. The van der Waals surface area contributed by atoms with Gasteiger partial charge in [-0.25, -0.2) is 5.43 Å². The van der Waals surface area contributed by atoms with Gasteiger partial charge in [0.2, 0.25) is 5.82 Å². The number of para-hydroxylation sites is 1. The van der Waals surface area contributed by atoms with Crippen molar-refractivity contribution < 1.29 is 9.21 Å². The van der Waals surface area contributed by atoms with Crippen molar-refractivity contribution in [3.8, 4) is 11.4 Å². The average Bonchev–Trinajstić information content (AvgIpc) is 3.33. The van der Waals surface area contributed by atoms with Gasteiger partial charge in [0.15, 0.2) is 5.76 Å². The molecule has 0 saturated carbocycles. The van der Waals surface area contributed by atoms with Gasteiger partial charge < -0.3 is 4.42 Å². The number of furan rings is 1. The lowest BCUT2D eigenvalue weighted by Gasteiger charge is -2.00. The standard InChI is InChI=1S/C19H16N6O2/c1-13(17-11-15-9-5-6-10-16(15)27-17)20-21-18(26)12-25-23-19(22-24-25)14-7-3-2-4-8-14/h2-11H,12H2,1H3,(H,21,26)/b20-13+. The Labute approximate surface area is 154 Å². The molecular weight excluding hydrogens is 344 g/mol. The number of hydrazone groups is 1. The highest BCUT2D eigenvalue weighted by molar-refractivity contribution is 6.00. The lowest BCUT2D eigenvalue weighted by molar-refractivity contribution is -0.122. The number of carbonyl (C=O) groups excluding carboxylic acids is 1. The maximum absolute atomic E-state index is 12.1. The third kappa shape index (κ3) is 3.74. The zero-order chi connectivity index (χ0) is 18.6. The van der Waals surface area contributed by atoms with E-state index in [1.165, 1.54) is 4.80 Å². The molecule has 4 aromatic rings. The molecule has 4 rings (SSSR count). The number of tetrazole rings is 1. The molecule has 0 spiro atoms. The Morgan fingerprint density at radius 1 is 1.15 bits per heavy atom. The van der Waals surface area contributed by atoms with Crippen molar-refractivity contribution in [2.75, 3.05) is 0 Å². The SMILES string of the molecule is C/C(=N\NC(=O)Cn1nnc(-c2ccccc2)n1)c1cc2ccccc2o1.